The van der Waals surface area contributed by atoms with Gasteiger partial charge in [-0.1, -0.05) is 0 Å². The minimum Gasteiger partial charge on any atom is -0.388 e. The van der Waals surface area contributed by atoms with E-state index in [1.54, 1.807) is 11.8 Å². The fourth-order valence-corrected chi connectivity index (χ4v) is 5.52. The SMILES string of the molecule is CC1CCCN1C(=O)c1nc(C(=O)NC(C)C(C)(C)O)sc1-c1cnc(N[C@H](C2CC2)C(F)(F)F)cc1C(F)F. The molecule has 2 unspecified atom stereocenters. The predicted octanol–water partition coefficient (Wildman–Crippen LogP) is 5.41. The second-order valence-electron chi connectivity index (χ2n) is 11.0. The summed E-state index contributed by atoms with van der Waals surface area (Å²) in [4.78, 5) is 36.2. The van der Waals surface area contributed by atoms with Crippen LogP contribution >= 0.6 is 11.3 Å². The van der Waals surface area contributed by atoms with Crippen molar-refractivity contribution in [3.05, 3.63) is 28.5 Å². The molecule has 1 saturated carbocycles. The maximum absolute atomic E-state index is 14.3. The van der Waals surface area contributed by atoms with Gasteiger partial charge in [0.2, 0.25) is 0 Å². The quantitative estimate of drug-likeness (QED) is 0.338. The number of likely N-dealkylation sites (tertiary alicyclic amines) is 1. The summed E-state index contributed by atoms with van der Waals surface area (Å²) in [6, 6.07) is -1.90. The van der Waals surface area contributed by atoms with Crippen LogP contribution in [0.4, 0.5) is 27.8 Å². The first-order valence-electron chi connectivity index (χ1n) is 13.0. The lowest BCUT2D eigenvalue weighted by atomic mass is 10.0. The van der Waals surface area contributed by atoms with Gasteiger partial charge in [0.15, 0.2) is 5.01 Å². The highest BCUT2D eigenvalue weighted by Crippen LogP contribution is 2.43. The van der Waals surface area contributed by atoms with Gasteiger partial charge in [-0.15, -0.1) is 11.3 Å². The Hall–Kier alpha value is -2.87. The first-order valence-corrected chi connectivity index (χ1v) is 13.9. The van der Waals surface area contributed by atoms with Gasteiger partial charge in [-0.2, -0.15) is 13.2 Å². The predicted molar refractivity (Wildman–Crippen MR) is 139 cm³/mol. The van der Waals surface area contributed by atoms with Gasteiger partial charge in [0, 0.05) is 29.9 Å². The number of nitrogens with zero attached hydrogens (tertiary/aromatic N) is 3. The van der Waals surface area contributed by atoms with E-state index in [0.29, 0.717) is 30.7 Å². The van der Waals surface area contributed by atoms with Crippen molar-refractivity contribution in [2.75, 3.05) is 11.9 Å². The van der Waals surface area contributed by atoms with Gasteiger partial charge in [0.05, 0.1) is 16.5 Å². The summed E-state index contributed by atoms with van der Waals surface area (Å²) >= 11 is 0.706. The van der Waals surface area contributed by atoms with Crippen LogP contribution in [0.2, 0.25) is 0 Å². The number of aromatic nitrogens is 2. The van der Waals surface area contributed by atoms with Crippen molar-refractivity contribution in [3.63, 3.8) is 0 Å². The highest BCUT2D eigenvalue weighted by atomic mass is 32.1. The maximum Gasteiger partial charge on any atom is 0.408 e. The number of rotatable bonds is 9. The number of thiazole rings is 1. The Balaban J connectivity index is 1.75. The van der Waals surface area contributed by atoms with E-state index >= 15 is 0 Å². The molecule has 3 atom stereocenters. The van der Waals surface area contributed by atoms with Crippen LogP contribution < -0.4 is 10.6 Å². The minimum absolute atomic E-state index is 0.0333. The molecule has 3 heterocycles. The molecule has 1 aliphatic heterocycles. The Morgan fingerprint density at radius 2 is 1.88 bits per heavy atom. The summed E-state index contributed by atoms with van der Waals surface area (Å²) in [5.41, 5.74) is -2.32. The topological polar surface area (TPSA) is 107 Å². The van der Waals surface area contributed by atoms with E-state index in [1.807, 2.05) is 6.92 Å². The van der Waals surface area contributed by atoms with Crippen LogP contribution in [0.5, 0.6) is 0 Å². The van der Waals surface area contributed by atoms with E-state index < -0.39 is 53.6 Å². The summed E-state index contributed by atoms with van der Waals surface area (Å²) in [6.07, 6.45) is -4.49. The van der Waals surface area contributed by atoms with Crippen molar-refractivity contribution >= 4 is 29.0 Å². The standard InChI is InChI=1S/C26H32F5N5O3S/c1-12-6-5-9-36(12)24(38)18-19(40-23(35-18)22(37)33-13(2)25(3,4)39)16-11-32-17(10-15(16)21(27)28)34-20(14-7-8-14)26(29,30)31/h10-14,20-21,39H,5-9H2,1-4H3,(H,32,34)(H,33,37)/t12?,13?,20-/m1/s1. The van der Waals surface area contributed by atoms with Gasteiger partial charge >= 0.3 is 6.18 Å². The average Bonchev–Trinajstić information content (AvgIpc) is 3.43. The largest absolute Gasteiger partial charge is 0.408 e. The van der Waals surface area contributed by atoms with Crippen LogP contribution in [0, 0.1) is 5.92 Å². The van der Waals surface area contributed by atoms with Gasteiger partial charge in [-0.25, -0.2) is 18.7 Å². The zero-order valence-electron chi connectivity index (χ0n) is 22.5. The van der Waals surface area contributed by atoms with Crippen molar-refractivity contribution in [2.45, 2.75) is 89.7 Å². The average molecular weight is 590 g/mol. The number of nitrogens with one attached hydrogen (secondary N) is 2. The molecule has 40 heavy (non-hydrogen) atoms. The molecule has 4 rings (SSSR count). The molecule has 2 amide bonds. The van der Waals surface area contributed by atoms with Crippen LogP contribution in [-0.2, 0) is 0 Å². The lowest BCUT2D eigenvalue weighted by molar-refractivity contribution is -0.146. The molecule has 8 nitrogen and oxygen atoms in total. The maximum atomic E-state index is 14.3. The summed E-state index contributed by atoms with van der Waals surface area (Å²) in [5, 5.41) is 14.9. The molecule has 14 heteroatoms. The number of hydrogen-bond donors (Lipinski definition) is 3. The second-order valence-corrected chi connectivity index (χ2v) is 12.0. The van der Waals surface area contributed by atoms with Crippen molar-refractivity contribution in [2.24, 2.45) is 5.92 Å². The highest BCUT2D eigenvalue weighted by molar-refractivity contribution is 7.17. The first kappa shape index (κ1) is 30.1. The van der Waals surface area contributed by atoms with Gasteiger partial charge < -0.3 is 20.6 Å². The zero-order chi connectivity index (χ0) is 29.6. The van der Waals surface area contributed by atoms with Crippen LogP contribution in [0.15, 0.2) is 12.3 Å². The fraction of sp³-hybridized carbons (Fsp3) is 0.615. The number of alkyl halides is 5. The number of carbonyl (C=O) groups excluding carboxylic acids is 2. The number of carbonyl (C=O) groups is 2. The van der Waals surface area contributed by atoms with Gasteiger partial charge in [-0.05, 0) is 65.4 Å². The van der Waals surface area contributed by atoms with E-state index in [0.717, 1.165) is 25.1 Å². The molecule has 2 aliphatic rings. The summed E-state index contributed by atoms with van der Waals surface area (Å²) < 4.78 is 69.2. The third-order valence-corrected chi connectivity index (χ3v) is 8.50. The first-order chi connectivity index (χ1) is 18.6. The van der Waals surface area contributed by atoms with Gasteiger partial charge in [0.1, 0.15) is 17.6 Å². The smallest absolute Gasteiger partial charge is 0.388 e. The Morgan fingerprint density at radius 3 is 2.40 bits per heavy atom. The Morgan fingerprint density at radius 1 is 1.20 bits per heavy atom. The normalized spacial score (nSPS) is 19.6. The van der Waals surface area contributed by atoms with Crippen LogP contribution in [0.25, 0.3) is 10.4 Å². The molecule has 0 aromatic carbocycles. The highest BCUT2D eigenvalue weighted by Gasteiger charge is 2.49. The molecule has 220 valence electrons. The van der Waals surface area contributed by atoms with Crippen LogP contribution in [-0.4, -0.2) is 68.2 Å². The molecule has 2 aromatic heterocycles. The van der Waals surface area contributed by atoms with E-state index in [2.05, 4.69) is 20.6 Å². The van der Waals surface area contributed by atoms with Crippen LogP contribution in [0.1, 0.15) is 85.7 Å². The molecule has 0 bridgehead atoms. The number of amides is 2. The molecule has 0 radical (unpaired) electrons. The summed E-state index contributed by atoms with van der Waals surface area (Å²) in [6.45, 7) is 6.84. The molecule has 1 aliphatic carbocycles. The lowest BCUT2D eigenvalue weighted by Crippen LogP contribution is -2.47. The van der Waals surface area contributed by atoms with E-state index in [1.165, 1.54) is 13.8 Å². The zero-order valence-corrected chi connectivity index (χ0v) is 23.3. The Bertz CT molecular complexity index is 1260. The summed E-state index contributed by atoms with van der Waals surface area (Å²) in [5.74, 6) is -2.27. The molecule has 0 spiro atoms. The van der Waals surface area contributed by atoms with Crippen LogP contribution in [0.3, 0.4) is 0 Å². The monoisotopic (exact) mass is 589 g/mol. The van der Waals surface area contributed by atoms with Crippen molar-refractivity contribution in [3.8, 4) is 10.4 Å². The molecular formula is C26H32F5N5O3S. The number of aliphatic hydroxyl groups is 1. The third kappa shape index (κ3) is 6.54. The van der Waals surface area contributed by atoms with Crippen molar-refractivity contribution in [1.29, 1.82) is 0 Å². The molecular weight excluding hydrogens is 557 g/mol. The van der Waals surface area contributed by atoms with Crippen molar-refractivity contribution < 1.29 is 36.6 Å². The number of halogens is 5. The van der Waals surface area contributed by atoms with Crippen molar-refractivity contribution in [1.82, 2.24) is 20.2 Å². The van der Waals surface area contributed by atoms with E-state index in [-0.39, 0.29) is 33.0 Å². The molecule has 2 fully saturated rings. The third-order valence-electron chi connectivity index (χ3n) is 7.41. The number of anilines is 1. The van der Waals surface area contributed by atoms with Gasteiger partial charge in [-0.3, -0.25) is 9.59 Å². The molecule has 1 saturated heterocycles. The molecule has 3 N–H and O–H groups in total. The number of hydrogen-bond acceptors (Lipinski definition) is 7. The van der Waals surface area contributed by atoms with E-state index in [9.17, 15) is 36.6 Å². The molecule has 2 aromatic rings. The fourth-order valence-electron chi connectivity index (χ4n) is 4.53. The Kier molecular flexibility index (Phi) is 8.42. The Labute approximate surface area is 232 Å². The lowest BCUT2D eigenvalue weighted by Gasteiger charge is -2.26. The minimum atomic E-state index is -4.58. The van der Waals surface area contributed by atoms with E-state index in [4.69, 9.17) is 0 Å². The summed E-state index contributed by atoms with van der Waals surface area (Å²) in [7, 11) is 0. The number of pyridine rings is 1. The second kappa shape index (κ2) is 11.2. The van der Waals surface area contributed by atoms with Gasteiger partial charge in [0.25, 0.3) is 18.2 Å².